The standard InChI is InChI=1S/C21H21N5O3/c1-14-7-8-18(29-2)17(11-14)24-20-19(26(27)28)21(23-13-22-20)25-10-9-15-5-3-4-6-16(15)12-25/h3-8,11,13H,9-10,12H2,1-2H3,(H,22,23,24). The lowest BCUT2D eigenvalue weighted by atomic mass is 10.00. The number of hydrogen-bond acceptors (Lipinski definition) is 7. The molecule has 0 amide bonds. The largest absolute Gasteiger partial charge is 0.495 e. The minimum absolute atomic E-state index is 0.141. The van der Waals surface area contributed by atoms with Gasteiger partial charge in [0.1, 0.15) is 12.1 Å². The molecule has 3 aromatic rings. The highest BCUT2D eigenvalue weighted by atomic mass is 16.6. The van der Waals surface area contributed by atoms with Crippen LogP contribution < -0.4 is 15.0 Å². The van der Waals surface area contributed by atoms with Crippen molar-refractivity contribution in [2.75, 3.05) is 23.9 Å². The molecule has 8 nitrogen and oxygen atoms in total. The van der Waals surface area contributed by atoms with Crippen LogP contribution in [0.1, 0.15) is 16.7 Å². The van der Waals surface area contributed by atoms with Crippen LogP contribution in [-0.4, -0.2) is 28.5 Å². The number of anilines is 3. The fourth-order valence-electron chi connectivity index (χ4n) is 3.58. The molecular weight excluding hydrogens is 370 g/mol. The van der Waals surface area contributed by atoms with Gasteiger partial charge in [-0.2, -0.15) is 0 Å². The van der Waals surface area contributed by atoms with Crippen LogP contribution in [-0.2, 0) is 13.0 Å². The van der Waals surface area contributed by atoms with Crippen molar-refractivity contribution in [1.29, 1.82) is 0 Å². The van der Waals surface area contributed by atoms with E-state index in [1.165, 1.54) is 11.9 Å². The van der Waals surface area contributed by atoms with E-state index in [0.717, 1.165) is 17.5 Å². The van der Waals surface area contributed by atoms with Crippen molar-refractivity contribution in [3.63, 3.8) is 0 Å². The Kier molecular flexibility index (Phi) is 4.99. The van der Waals surface area contributed by atoms with E-state index in [9.17, 15) is 10.1 Å². The minimum atomic E-state index is -0.430. The topological polar surface area (TPSA) is 93.4 Å². The van der Waals surface area contributed by atoms with Gasteiger partial charge in [0.25, 0.3) is 0 Å². The number of nitrogens with zero attached hydrogens (tertiary/aromatic N) is 4. The Morgan fingerprint density at radius 1 is 1.17 bits per heavy atom. The molecular formula is C21H21N5O3. The first kappa shape index (κ1) is 18.7. The summed E-state index contributed by atoms with van der Waals surface area (Å²) in [6, 6.07) is 13.7. The number of ether oxygens (including phenoxy) is 1. The zero-order valence-electron chi connectivity index (χ0n) is 16.3. The van der Waals surface area contributed by atoms with Crippen molar-refractivity contribution in [1.82, 2.24) is 9.97 Å². The quantitative estimate of drug-likeness (QED) is 0.519. The summed E-state index contributed by atoms with van der Waals surface area (Å²) >= 11 is 0. The molecule has 0 saturated heterocycles. The van der Waals surface area contributed by atoms with Crippen LogP contribution in [0.15, 0.2) is 48.8 Å². The first-order valence-corrected chi connectivity index (χ1v) is 9.29. The average Bonchev–Trinajstić information content (AvgIpc) is 2.73. The van der Waals surface area contributed by atoms with Gasteiger partial charge < -0.3 is 15.0 Å². The number of benzene rings is 2. The van der Waals surface area contributed by atoms with E-state index in [2.05, 4.69) is 21.4 Å². The lowest BCUT2D eigenvalue weighted by molar-refractivity contribution is -0.383. The lowest BCUT2D eigenvalue weighted by Crippen LogP contribution is -2.31. The number of aryl methyl sites for hydroxylation is 1. The molecule has 0 aliphatic carbocycles. The Balaban J connectivity index is 1.73. The summed E-state index contributed by atoms with van der Waals surface area (Å²) in [5.74, 6) is 1.04. The minimum Gasteiger partial charge on any atom is -0.495 e. The maximum Gasteiger partial charge on any atom is 0.353 e. The first-order chi connectivity index (χ1) is 14.1. The summed E-state index contributed by atoms with van der Waals surface area (Å²) in [5.41, 5.74) is 3.89. The fourth-order valence-corrected chi connectivity index (χ4v) is 3.58. The zero-order valence-corrected chi connectivity index (χ0v) is 16.3. The van der Waals surface area contributed by atoms with Crippen molar-refractivity contribution in [3.05, 3.63) is 75.6 Å². The Bertz CT molecular complexity index is 1070. The fraction of sp³-hybridized carbons (Fsp3) is 0.238. The van der Waals surface area contributed by atoms with E-state index < -0.39 is 4.92 Å². The van der Waals surface area contributed by atoms with E-state index in [1.807, 2.05) is 48.2 Å². The second-order valence-corrected chi connectivity index (χ2v) is 6.92. The van der Waals surface area contributed by atoms with Crippen LogP contribution in [0, 0.1) is 17.0 Å². The van der Waals surface area contributed by atoms with Crippen LogP contribution in [0.4, 0.5) is 23.0 Å². The number of nitrogens with one attached hydrogen (secondary N) is 1. The molecule has 1 aliphatic heterocycles. The Morgan fingerprint density at radius 3 is 2.72 bits per heavy atom. The van der Waals surface area contributed by atoms with E-state index >= 15 is 0 Å². The van der Waals surface area contributed by atoms with Gasteiger partial charge in [0.05, 0.1) is 17.7 Å². The Hall–Kier alpha value is -3.68. The second kappa shape index (κ2) is 7.75. The summed E-state index contributed by atoms with van der Waals surface area (Å²) in [4.78, 5) is 21.9. The van der Waals surface area contributed by atoms with Gasteiger partial charge in [0.2, 0.25) is 11.6 Å². The number of rotatable bonds is 5. The molecule has 0 saturated carbocycles. The number of methoxy groups -OCH3 is 1. The molecule has 148 valence electrons. The van der Waals surface area contributed by atoms with Crippen molar-refractivity contribution >= 4 is 23.0 Å². The molecule has 2 aromatic carbocycles. The van der Waals surface area contributed by atoms with Crippen molar-refractivity contribution < 1.29 is 9.66 Å². The number of hydrogen-bond donors (Lipinski definition) is 1. The smallest absolute Gasteiger partial charge is 0.353 e. The summed E-state index contributed by atoms with van der Waals surface area (Å²) in [7, 11) is 1.56. The molecule has 0 radical (unpaired) electrons. The van der Waals surface area contributed by atoms with Crippen LogP contribution in [0.25, 0.3) is 0 Å². The predicted octanol–water partition coefficient (Wildman–Crippen LogP) is 4.01. The number of nitro groups is 1. The summed E-state index contributed by atoms with van der Waals surface area (Å²) in [6.07, 6.45) is 2.17. The summed E-state index contributed by atoms with van der Waals surface area (Å²) in [6.45, 7) is 3.17. The normalized spacial score (nSPS) is 13.0. The Morgan fingerprint density at radius 2 is 1.97 bits per heavy atom. The third-order valence-corrected chi connectivity index (χ3v) is 5.02. The lowest BCUT2D eigenvalue weighted by Gasteiger charge is -2.29. The first-order valence-electron chi connectivity index (χ1n) is 9.29. The van der Waals surface area contributed by atoms with Crippen LogP contribution in [0.3, 0.4) is 0 Å². The van der Waals surface area contributed by atoms with Crippen LogP contribution in [0.2, 0.25) is 0 Å². The molecule has 0 bridgehead atoms. The van der Waals surface area contributed by atoms with Gasteiger partial charge in [-0.3, -0.25) is 10.1 Å². The predicted molar refractivity (Wildman–Crippen MR) is 111 cm³/mol. The molecule has 2 heterocycles. The molecule has 1 aliphatic rings. The van der Waals surface area contributed by atoms with E-state index in [0.29, 0.717) is 30.3 Å². The van der Waals surface area contributed by atoms with E-state index in [-0.39, 0.29) is 11.5 Å². The third-order valence-electron chi connectivity index (χ3n) is 5.02. The van der Waals surface area contributed by atoms with Crippen molar-refractivity contribution in [3.8, 4) is 5.75 Å². The zero-order chi connectivity index (χ0) is 20.4. The van der Waals surface area contributed by atoms with Gasteiger partial charge in [-0.05, 0) is 42.2 Å². The highest BCUT2D eigenvalue weighted by molar-refractivity contribution is 5.77. The van der Waals surface area contributed by atoms with E-state index in [4.69, 9.17) is 4.74 Å². The Labute approximate surface area is 168 Å². The van der Waals surface area contributed by atoms with Gasteiger partial charge in [0, 0.05) is 13.1 Å². The van der Waals surface area contributed by atoms with Gasteiger partial charge in [0.15, 0.2) is 0 Å². The van der Waals surface area contributed by atoms with Gasteiger partial charge in [-0.15, -0.1) is 0 Å². The molecule has 0 unspecified atom stereocenters. The molecule has 1 aromatic heterocycles. The van der Waals surface area contributed by atoms with E-state index in [1.54, 1.807) is 7.11 Å². The number of aromatic nitrogens is 2. The van der Waals surface area contributed by atoms with Gasteiger partial charge in [-0.25, -0.2) is 9.97 Å². The molecule has 0 spiro atoms. The molecule has 8 heteroatoms. The number of fused-ring (bicyclic) bond motifs is 1. The SMILES string of the molecule is COc1ccc(C)cc1Nc1ncnc(N2CCc3ccccc3C2)c1[N+](=O)[O-]. The van der Waals surface area contributed by atoms with Gasteiger partial charge >= 0.3 is 5.69 Å². The molecule has 1 N–H and O–H groups in total. The highest BCUT2D eigenvalue weighted by Crippen LogP contribution is 2.37. The molecule has 4 rings (SSSR count). The summed E-state index contributed by atoms with van der Waals surface area (Å²) in [5, 5.41) is 15.0. The molecule has 0 atom stereocenters. The van der Waals surface area contributed by atoms with Crippen molar-refractivity contribution in [2.24, 2.45) is 0 Å². The maximum absolute atomic E-state index is 12.0. The monoisotopic (exact) mass is 391 g/mol. The average molecular weight is 391 g/mol. The van der Waals surface area contributed by atoms with Crippen LogP contribution >= 0.6 is 0 Å². The second-order valence-electron chi connectivity index (χ2n) is 6.92. The van der Waals surface area contributed by atoms with Crippen LogP contribution in [0.5, 0.6) is 5.75 Å². The summed E-state index contributed by atoms with van der Waals surface area (Å²) < 4.78 is 5.37. The van der Waals surface area contributed by atoms with Crippen molar-refractivity contribution in [2.45, 2.75) is 19.9 Å². The molecule has 29 heavy (non-hydrogen) atoms. The maximum atomic E-state index is 12.0. The highest BCUT2D eigenvalue weighted by Gasteiger charge is 2.29. The van der Waals surface area contributed by atoms with Gasteiger partial charge in [-0.1, -0.05) is 30.3 Å². The molecule has 0 fully saturated rings. The third kappa shape index (κ3) is 3.69.